The molecule has 18 heavy (non-hydrogen) atoms. The third-order valence-corrected chi connectivity index (χ3v) is 4.90. The molecule has 1 aliphatic carbocycles. The maximum absolute atomic E-state index is 12.0. The summed E-state index contributed by atoms with van der Waals surface area (Å²) in [6.45, 7) is 4.82. The molecule has 4 heteroatoms. The maximum atomic E-state index is 12.0. The summed E-state index contributed by atoms with van der Waals surface area (Å²) in [6.07, 6.45) is 4.27. The van der Waals surface area contributed by atoms with Crippen molar-refractivity contribution in [3.8, 4) is 0 Å². The van der Waals surface area contributed by atoms with E-state index in [1.54, 1.807) is 0 Å². The van der Waals surface area contributed by atoms with Gasteiger partial charge >= 0.3 is 5.97 Å². The van der Waals surface area contributed by atoms with Crippen LogP contribution in [0.25, 0.3) is 0 Å². The van der Waals surface area contributed by atoms with Crippen LogP contribution in [0.1, 0.15) is 46.0 Å². The van der Waals surface area contributed by atoms with Gasteiger partial charge in [-0.2, -0.15) is 0 Å². The minimum atomic E-state index is -0.759. The van der Waals surface area contributed by atoms with Crippen molar-refractivity contribution in [3.05, 3.63) is 0 Å². The SMILES string of the molecule is CCC1CCC(N2CC(C(=O)O)CCC2=O)C1C. The number of likely N-dealkylation sites (tertiary alicyclic amines) is 1. The number of carbonyl (C=O) groups excluding carboxylic acids is 1. The maximum Gasteiger partial charge on any atom is 0.308 e. The second kappa shape index (κ2) is 5.29. The summed E-state index contributed by atoms with van der Waals surface area (Å²) in [4.78, 5) is 25.0. The first-order chi connectivity index (χ1) is 8.54. The monoisotopic (exact) mass is 253 g/mol. The largest absolute Gasteiger partial charge is 0.481 e. The minimum Gasteiger partial charge on any atom is -0.481 e. The third kappa shape index (κ3) is 2.38. The van der Waals surface area contributed by atoms with Gasteiger partial charge in [-0.25, -0.2) is 0 Å². The van der Waals surface area contributed by atoms with Gasteiger partial charge in [-0.15, -0.1) is 0 Å². The molecular formula is C14H23NO3. The van der Waals surface area contributed by atoms with Crippen LogP contribution in [0.15, 0.2) is 0 Å². The van der Waals surface area contributed by atoms with Crippen LogP contribution in [0.5, 0.6) is 0 Å². The van der Waals surface area contributed by atoms with E-state index < -0.39 is 5.97 Å². The van der Waals surface area contributed by atoms with E-state index >= 15 is 0 Å². The van der Waals surface area contributed by atoms with Crippen LogP contribution in [0.2, 0.25) is 0 Å². The first-order valence-electron chi connectivity index (χ1n) is 7.06. The number of carboxylic acids is 1. The molecule has 2 rings (SSSR count). The summed E-state index contributed by atoms with van der Waals surface area (Å²) >= 11 is 0. The van der Waals surface area contributed by atoms with Crippen LogP contribution in [0.4, 0.5) is 0 Å². The van der Waals surface area contributed by atoms with Crippen LogP contribution < -0.4 is 0 Å². The Morgan fingerprint density at radius 3 is 2.67 bits per heavy atom. The fraction of sp³-hybridized carbons (Fsp3) is 0.857. The highest BCUT2D eigenvalue weighted by Gasteiger charge is 2.40. The molecule has 1 N–H and O–H groups in total. The molecule has 4 unspecified atom stereocenters. The summed E-state index contributed by atoms with van der Waals surface area (Å²) in [6, 6.07) is 0.268. The predicted octanol–water partition coefficient (Wildman–Crippen LogP) is 2.13. The number of carbonyl (C=O) groups is 2. The van der Waals surface area contributed by atoms with Gasteiger partial charge in [0.25, 0.3) is 0 Å². The molecule has 1 aliphatic heterocycles. The van der Waals surface area contributed by atoms with Gasteiger partial charge < -0.3 is 10.0 Å². The molecule has 1 saturated heterocycles. The van der Waals surface area contributed by atoms with Gasteiger partial charge in [0, 0.05) is 19.0 Å². The van der Waals surface area contributed by atoms with Crippen molar-refractivity contribution in [1.29, 1.82) is 0 Å². The second-order valence-corrected chi connectivity index (χ2v) is 5.79. The quantitative estimate of drug-likeness (QED) is 0.838. The lowest BCUT2D eigenvalue weighted by Crippen LogP contribution is -2.49. The molecule has 0 radical (unpaired) electrons. The Morgan fingerprint density at radius 1 is 1.39 bits per heavy atom. The van der Waals surface area contributed by atoms with E-state index in [1.165, 1.54) is 6.42 Å². The molecule has 1 saturated carbocycles. The number of hydrogen-bond acceptors (Lipinski definition) is 2. The number of carboxylic acid groups (broad SMARTS) is 1. The molecule has 2 fully saturated rings. The molecular weight excluding hydrogens is 230 g/mol. The van der Waals surface area contributed by atoms with Gasteiger partial charge in [0.15, 0.2) is 0 Å². The van der Waals surface area contributed by atoms with Crippen LogP contribution in [0, 0.1) is 17.8 Å². The van der Waals surface area contributed by atoms with E-state index in [-0.39, 0.29) is 17.9 Å². The lowest BCUT2D eigenvalue weighted by atomic mass is 9.90. The lowest BCUT2D eigenvalue weighted by Gasteiger charge is -2.38. The van der Waals surface area contributed by atoms with Crippen LogP contribution in [-0.2, 0) is 9.59 Å². The standard InChI is InChI=1S/C14H23NO3/c1-3-10-4-6-12(9(10)2)15-8-11(14(17)18)5-7-13(15)16/h9-12H,3-8H2,1-2H3,(H,17,18). The van der Waals surface area contributed by atoms with E-state index in [0.717, 1.165) is 12.8 Å². The Kier molecular flexibility index (Phi) is 3.93. The van der Waals surface area contributed by atoms with Crippen molar-refractivity contribution in [3.63, 3.8) is 0 Å². The second-order valence-electron chi connectivity index (χ2n) is 5.79. The van der Waals surface area contributed by atoms with Crippen molar-refractivity contribution in [2.24, 2.45) is 17.8 Å². The average Bonchev–Trinajstić information content (AvgIpc) is 2.70. The number of piperidine rings is 1. The summed E-state index contributed by atoms with van der Waals surface area (Å²) in [7, 11) is 0. The zero-order valence-electron chi connectivity index (χ0n) is 11.3. The Morgan fingerprint density at radius 2 is 2.11 bits per heavy atom. The highest BCUT2D eigenvalue weighted by molar-refractivity contribution is 5.80. The molecule has 0 aromatic rings. The molecule has 0 aromatic carbocycles. The highest BCUT2D eigenvalue weighted by Crippen LogP contribution is 2.38. The average molecular weight is 253 g/mol. The fourth-order valence-corrected chi connectivity index (χ4v) is 3.63. The third-order valence-electron chi connectivity index (χ3n) is 4.90. The zero-order valence-corrected chi connectivity index (χ0v) is 11.3. The van der Waals surface area contributed by atoms with E-state index in [1.807, 2.05) is 4.90 Å². The Bertz CT molecular complexity index is 342. The molecule has 0 spiro atoms. The number of rotatable bonds is 3. The zero-order chi connectivity index (χ0) is 13.3. The van der Waals surface area contributed by atoms with E-state index in [4.69, 9.17) is 5.11 Å². The number of hydrogen-bond donors (Lipinski definition) is 1. The molecule has 1 heterocycles. The summed E-state index contributed by atoms with van der Waals surface area (Å²) in [5.74, 6) is 0.223. The molecule has 0 aromatic heterocycles. The number of aliphatic carboxylic acids is 1. The minimum absolute atomic E-state index is 0.154. The van der Waals surface area contributed by atoms with Gasteiger partial charge in [0.2, 0.25) is 5.91 Å². The van der Waals surface area contributed by atoms with Crippen molar-refractivity contribution in [1.82, 2.24) is 4.90 Å². The summed E-state index contributed by atoms with van der Waals surface area (Å²) in [5, 5.41) is 9.11. The first-order valence-corrected chi connectivity index (χ1v) is 7.06. The fourth-order valence-electron chi connectivity index (χ4n) is 3.63. The summed E-state index contributed by atoms with van der Waals surface area (Å²) < 4.78 is 0. The topological polar surface area (TPSA) is 57.6 Å². The van der Waals surface area contributed by atoms with Gasteiger partial charge in [0.05, 0.1) is 5.92 Å². The number of nitrogens with zero attached hydrogens (tertiary/aromatic N) is 1. The van der Waals surface area contributed by atoms with Crippen molar-refractivity contribution in [2.45, 2.75) is 52.0 Å². The predicted molar refractivity (Wildman–Crippen MR) is 68.0 cm³/mol. The Balaban J connectivity index is 2.06. The van der Waals surface area contributed by atoms with E-state index in [0.29, 0.717) is 31.2 Å². The van der Waals surface area contributed by atoms with Crippen LogP contribution in [0.3, 0.4) is 0 Å². The van der Waals surface area contributed by atoms with Crippen molar-refractivity contribution < 1.29 is 14.7 Å². The van der Waals surface area contributed by atoms with E-state index in [2.05, 4.69) is 13.8 Å². The molecule has 102 valence electrons. The molecule has 0 bridgehead atoms. The highest BCUT2D eigenvalue weighted by atomic mass is 16.4. The van der Waals surface area contributed by atoms with Crippen molar-refractivity contribution in [2.75, 3.05) is 6.54 Å². The van der Waals surface area contributed by atoms with Crippen LogP contribution in [-0.4, -0.2) is 34.5 Å². The molecule has 2 aliphatic rings. The van der Waals surface area contributed by atoms with E-state index in [9.17, 15) is 9.59 Å². The Labute approximate surface area is 108 Å². The first kappa shape index (κ1) is 13.4. The lowest BCUT2D eigenvalue weighted by molar-refractivity contribution is -0.149. The van der Waals surface area contributed by atoms with Gasteiger partial charge in [0.1, 0.15) is 0 Å². The van der Waals surface area contributed by atoms with Crippen LogP contribution >= 0.6 is 0 Å². The molecule has 1 amide bonds. The Hall–Kier alpha value is -1.06. The molecule has 4 atom stereocenters. The van der Waals surface area contributed by atoms with Crippen molar-refractivity contribution >= 4 is 11.9 Å². The molecule has 4 nitrogen and oxygen atoms in total. The summed E-state index contributed by atoms with van der Waals surface area (Å²) in [5.41, 5.74) is 0. The van der Waals surface area contributed by atoms with Gasteiger partial charge in [-0.1, -0.05) is 20.3 Å². The number of amides is 1. The normalized spacial score (nSPS) is 37.0. The van der Waals surface area contributed by atoms with Gasteiger partial charge in [-0.05, 0) is 31.1 Å². The van der Waals surface area contributed by atoms with Gasteiger partial charge in [-0.3, -0.25) is 9.59 Å². The smallest absolute Gasteiger partial charge is 0.308 e.